The second kappa shape index (κ2) is 11.5. The van der Waals surface area contributed by atoms with Crippen molar-refractivity contribution in [2.75, 3.05) is 19.8 Å². The number of hydrogen-bond donors (Lipinski definition) is 0. The second-order valence-electron chi connectivity index (χ2n) is 9.72. The number of ether oxygens (including phenoxy) is 4. The molecular weight excluding hydrogens is 392 g/mol. The van der Waals surface area contributed by atoms with E-state index in [4.69, 9.17) is 18.9 Å². The second-order valence-corrected chi connectivity index (χ2v) is 9.72. The van der Waals surface area contributed by atoms with E-state index in [1.54, 1.807) is 12.3 Å². The average molecular weight is 429 g/mol. The molecule has 0 amide bonds. The van der Waals surface area contributed by atoms with E-state index in [-0.39, 0.29) is 23.4 Å². The van der Waals surface area contributed by atoms with Gasteiger partial charge in [-0.15, -0.1) is 0 Å². The quantitative estimate of drug-likeness (QED) is 0.421. The van der Waals surface area contributed by atoms with Gasteiger partial charge in [0, 0.05) is 32.5 Å². The minimum absolute atomic E-state index is 0.0594. The van der Waals surface area contributed by atoms with Crippen molar-refractivity contribution in [2.45, 2.75) is 90.6 Å². The van der Waals surface area contributed by atoms with Crippen LogP contribution in [0, 0.1) is 23.2 Å². The van der Waals surface area contributed by atoms with E-state index in [1.807, 2.05) is 41.5 Å². The predicted molar refractivity (Wildman–Crippen MR) is 120 cm³/mol. The van der Waals surface area contributed by atoms with Crippen molar-refractivity contribution in [1.82, 2.24) is 4.98 Å². The lowest BCUT2D eigenvalue weighted by Crippen LogP contribution is -2.43. The first kappa shape index (κ1) is 25.1. The lowest BCUT2D eigenvalue weighted by molar-refractivity contribution is -0.126. The number of rotatable bonds is 9. The Labute approximate surface area is 187 Å². The number of nitriles is 1. The summed E-state index contributed by atoms with van der Waals surface area (Å²) in [6, 6.07) is 3.85. The highest BCUT2D eigenvalue weighted by molar-refractivity contribution is 5.46. The molecule has 170 valence electrons. The van der Waals surface area contributed by atoms with Gasteiger partial charge in [0.05, 0.1) is 35.7 Å². The molecule has 0 unspecified atom stereocenters. The Morgan fingerprint density at radius 1 is 1.03 bits per heavy atom. The molecule has 0 spiro atoms. The third-order valence-corrected chi connectivity index (χ3v) is 4.41. The van der Waals surface area contributed by atoms with Gasteiger partial charge in [0.25, 0.3) is 0 Å². The molecule has 1 saturated carbocycles. The van der Waals surface area contributed by atoms with Gasteiger partial charge >= 0.3 is 0 Å². The largest absolute Gasteiger partial charge is 0.487 e. The Balaban J connectivity index is 1.71. The number of hydrogen-bond acceptors (Lipinski definition) is 6. The molecule has 1 heterocycles. The molecule has 0 aliphatic heterocycles. The lowest BCUT2D eigenvalue weighted by Gasteiger charge is -2.39. The van der Waals surface area contributed by atoms with E-state index >= 15 is 0 Å². The van der Waals surface area contributed by atoms with E-state index in [0.29, 0.717) is 43.2 Å². The zero-order chi connectivity index (χ0) is 22.9. The Morgan fingerprint density at radius 3 is 2.42 bits per heavy atom. The summed E-state index contributed by atoms with van der Waals surface area (Å²) < 4.78 is 23.1. The molecule has 0 saturated heterocycles. The molecule has 0 aromatic carbocycles. The molecular formula is C25H36N2O4. The van der Waals surface area contributed by atoms with E-state index in [2.05, 4.69) is 22.9 Å². The van der Waals surface area contributed by atoms with Crippen LogP contribution in [0.4, 0.5) is 0 Å². The average Bonchev–Trinajstić information content (AvgIpc) is 2.63. The molecule has 1 aliphatic rings. The van der Waals surface area contributed by atoms with Crippen LogP contribution < -0.4 is 4.74 Å². The van der Waals surface area contributed by atoms with Crippen LogP contribution in [-0.4, -0.2) is 48.2 Å². The van der Waals surface area contributed by atoms with Gasteiger partial charge in [-0.2, -0.15) is 5.26 Å². The molecule has 1 aliphatic carbocycles. The summed E-state index contributed by atoms with van der Waals surface area (Å²) in [4.78, 5) is 4.32. The maximum Gasteiger partial charge on any atom is 0.155 e. The first-order chi connectivity index (χ1) is 14.6. The van der Waals surface area contributed by atoms with Crippen LogP contribution in [0.5, 0.6) is 5.75 Å². The summed E-state index contributed by atoms with van der Waals surface area (Å²) in [5.41, 5.74) is 0.753. The third-order valence-electron chi connectivity index (χ3n) is 4.41. The number of nitrogens with zero attached hydrogens (tertiary/aromatic N) is 2. The fraction of sp³-hybridized carbons (Fsp3) is 0.680. The van der Waals surface area contributed by atoms with E-state index in [9.17, 15) is 5.26 Å². The molecule has 0 bridgehead atoms. The van der Waals surface area contributed by atoms with Gasteiger partial charge in [-0.3, -0.25) is 0 Å². The van der Waals surface area contributed by atoms with Gasteiger partial charge in [0.2, 0.25) is 0 Å². The summed E-state index contributed by atoms with van der Waals surface area (Å²) in [5.74, 6) is 6.54. The minimum atomic E-state index is -0.152. The predicted octanol–water partition coefficient (Wildman–Crippen LogP) is 4.64. The van der Waals surface area contributed by atoms with Crippen molar-refractivity contribution in [2.24, 2.45) is 0 Å². The van der Waals surface area contributed by atoms with Gasteiger partial charge in [-0.05, 0) is 60.0 Å². The van der Waals surface area contributed by atoms with Crippen molar-refractivity contribution < 1.29 is 18.9 Å². The first-order valence-electron chi connectivity index (χ1n) is 11.0. The van der Waals surface area contributed by atoms with Crippen LogP contribution in [0.15, 0.2) is 12.3 Å². The first-order valence-corrected chi connectivity index (χ1v) is 11.0. The smallest absolute Gasteiger partial charge is 0.155 e. The molecule has 0 atom stereocenters. The Bertz CT molecular complexity index is 800. The Hall–Kier alpha value is -2.12. The van der Waals surface area contributed by atoms with Crippen LogP contribution in [-0.2, 0) is 14.2 Å². The van der Waals surface area contributed by atoms with Crippen LogP contribution in [0.1, 0.15) is 78.5 Å². The van der Waals surface area contributed by atoms with Crippen LogP contribution >= 0.6 is 0 Å². The zero-order valence-corrected chi connectivity index (χ0v) is 19.8. The van der Waals surface area contributed by atoms with Crippen LogP contribution in [0.25, 0.3) is 0 Å². The van der Waals surface area contributed by atoms with Crippen molar-refractivity contribution in [3.63, 3.8) is 0 Å². The Morgan fingerprint density at radius 2 is 1.77 bits per heavy atom. The summed E-state index contributed by atoms with van der Waals surface area (Å²) in [6.45, 7) is 14.2. The molecule has 0 radical (unpaired) electrons. The normalized spacial score (nSPS) is 18.5. The lowest BCUT2D eigenvalue weighted by atomic mass is 9.91. The highest BCUT2D eigenvalue weighted by atomic mass is 16.5. The number of aromatic nitrogens is 1. The topological polar surface area (TPSA) is 73.6 Å². The van der Waals surface area contributed by atoms with Crippen molar-refractivity contribution in [3.05, 3.63) is 23.5 Å². The highest BCUT2D eigenvalue weighted by Gasteiger charge is 2.34. The van der Waals surface area contributed by atoms with Gasteiger partial charge in [0.1, 0.15) is 17.9 Å². The van der Waals surface area contributed by atoms with Crippen molar-refractivity contribution in [1.29, 1.82) is 5.26 Å². The molecule has 6 heteroatoms. The SMILES string of the molecule is CC(C)(C)OCCCOCCC#Cc1cc(C#N)c(OC2CC(OC(C)(C)C)C2)cn1. The van der Waals surface area contributed by atoms with Gasteiger partial charge in [-0.1, -0.05) is 5.92 Å². The third kappa shape index (κ3) is 10.2. The van der Waals surface area contributed by atoms with Crippen LogP contribution in [0.2, 0.25) is 0 Å². The summed E-state index contributed by atoms with van der Waals surface area (Å²) in [7, 11) is 0. The molecule has 31 heavy (non-hydrogen) atoms. The monoisotopic (exact) mass is 428 g/mol. The number of pyridine rings is 1. The van der Waals surface area contributed by atoms with Crippen molar-refractivity contribution >= 4 is 0 Å². The van der Waals surface area contributed by atoms with E-state index < -0.39 is 0 Å². The maximum atomic E-state index is 9.45. The standard InChI is InChI=1S/C25H36N2O4/c1-24(2,3)29-13-9-12-28-11-8-7-10-20-14-19(17-26)23(18-27-20)30-21-15-22(16-21)31-25(4,5)6/h14,18,21-22H,8-9,11-13,15-16H2,1-6H3. The van der Waals surface area contributed by atoms with Crippen LogP contribution in [0.3, 0.4) is 0 Å². The highest BCUT2D eigenvalue weighted by Crippen LogP contribution is 2.32. The van der Waals surface area contributed by atoms with E-state index in [0.717, 1.165) is 19.3 Å². The maximum absolute atomic E-state index is 9.45. The summed E-state index contributed by atoms with van der Waals surface area (Å²) in [5, 5.41) is 9.45. The molecule has 1 aromatic heterocycles. The summed E-state index contributed by atoms with van der Waals surface area (Å²) >= 11 is 0. The molecule has 1 fully saturated rings. The van der Waals surface area contributed by atoms with Crippen molar-refractivity contribution in [3.8, 4) is 23.7 Å². The fourth-order valence-corrected chi connectivity index (χ4v) is 3.00. The van der Waals surface area contributed by atoms with Gasteiger partial charge in [0.15, 0.2) is 5.75 Å². The fourth-order valence-electron chi connectivity index (χ4n) is 3.00. The minimum Gasteiger partial charge on any atom is -0.487 e. The molecule has 2 rings (SSSR count). The molecule has 1 aromatic rings. The van der Waals surface area contributed by atoms with Gasteiger partial charge in [-0.25, -0.2) is 4.98 Å². The zero-order valence-electron chi connectivity index (χ0n) is 19.8. The Kier molecular flexibility index (Phi) is 9.32. The molecule has 0 N–H and O–H groups in total. The van der Waals surface area contributed by atoms with Gasteiger partial charge < -0.3 is 18.9 Å². The molecule has 6 nitrogen and oxygen atoms in total. The van der Waals surface area contributed by atoms with E-state index in [1.165, 1.54) is 0 Å². The summed E-state index contributed by atoms with van der Waals surface area (Å²) in [6.07, 6.45) is 4.98.